The van der Waals surface area contributed by atoms with Crippen molar-refractivity contribution in [2.45, 2.75) is 52.5 Å². The summed E-state index contributed by atoms with van der Waals surface area (Å²) in [4.78, 5) is 38.3. The number of piperidine rings is 1. The topological polar surface area (TPSA) is 90.5 Å². The van der Waals surface area contributed by atoms with Crippen molar-refractivity contribution in [1.82, 2.24) is 15.3 Å². The molecule has 2 N–H and O–H groups in total. The summed E-state index contributed by atoms with van der Waals surface area (Å²) in [5.41, 5.74) is 5.14. The first-order valence-corrected chi connectivity index (χ1v) is 13.3. The molecule has 1 unspecified atom stereocenters. The van der Waals surface area contributed by atoms with Crippen LogP contribution in [-0.2, 0) is 21.5 Å². The number of hydrogen-bond donors (Lipinski definition) is 2. The Morgan fingerprint density at radius 3 is 2.66 bits per heavy atom. The maximum atomic E-state index is 12.9. The molecule has 38 heavy (non-hydrogen) atoms. The van der Waals surface area contributed by atoms with Gasteiger partial charge in [-0.1, -0.05) is 49.7 Å². The SMILES string of the molecule is CC(=O)N1CC(C)(C)c2ccc(Nc3nccc(N4CCCC(C(=O)NCc5ccc(C)cc5)C4)n3)cc21. The van der Waals surface area contributed by atoms with E-state index in [1.165, 1.54) is 5.56 Å². The van der Waals surface area contributed by atoms with Crippen molar-refractivity contribution < 1.29 is 9.59 Å². The molecule has 198 valence electrons. The molecule has 0 radical (unpaired) electrons. The molecule has 1 saturated heterocycles. The lowest BCUT2D eigenvalue weighted by Gasteiger charge is -2.33. The molecule has 0 spiro atoms. The molecule has 2 aliphatic heterocycles. The zero-order valence-corrected chi connectivity index (χ0v) is 22.6. The number of rotatable bonds is 6. The van der Waals surface area contributed by atoms with E-state index in [0.717, 1.165) is 47.7 Å². The number of benzene rings is 2. The molecule has 1 aromatic heterocycles. The van der Waals surface area contributed by atoms with Crippen LogP contribution in [0.15, 0.2) is 54.7 Å². The molecule has 0 saturated carbocycles. The Balaban J connectivity index is 1.25. The van der Waals surface area contributed by atoms with Gasteiger partial charge in [-0.3, -0.25) is 9.59 Å². The van der Waals surface area contributed by atoms with Crippen molar-refractivity contribution >= 4 is 35.0 Å². The van der Waals surface area contributed by atoms with Crippen molar-refractivity contribution in [3.63, 3.8) is 0 Å². The van der Waals surface area contributed by atoms with Gasteiger partial charge in [0, 0.05) is 56.1 Å². The first-order chi connectivity index (χ1) is 18.2. The minimum Gasteiger partial charge on any atom is -0.356 e. The van der Waals surface area contributed by atoms with Crippen LogP contribution in [0.4, 0.5) is 23.1 Å². The molecule has 2 aromatic carbocycles. The number of amides is 2. The Hall–Kier alpha value is -3.94. The minimum atomic E-state index is -0.0901. The van der Waals surface area contributed by atoms with E-state index in [4.69, 9.17) is 4.98 Å². The number of nitrogens with one attached hydrogen (secondary N) is 2. The predicted molar refractivity (Wildman–Crippen MR) is 151 cm³/mol. The first-order valence-electron chi connectivity index (χ1n) is 13.3. The molecular formula is C30H36N6O2. The van der Waals surface area contributed by atoms with Gasteiger partial charge >= 0.3 is 0 Å². The van der Waals surface area contributed by atoms with E-state index in [1.807, 2.05) is 23.1 Å². The van der Waals surface area contributed by atoms with Crippen LogP contribution in [0.25, 0.3) is 0 Å². The van der Waals surface area contributed by atoms with Gasteiger partial charge in [-0.05, 0) is 49.1 Å². The van der Waals surface area contributed by atoms with Gasteiger partial charge in [-0.2, -0.15) is 4.98 Å². The van der Waals surface area contributed by atoms with Crippen LogP contribution in [0.2, 0.25) is 0 Å². The number of fused-ring (bicyclic) bond motifs is 1. The maximum Gasteiger partial charge on any atom is 0.229 e. The van der Waals surface area contributed by atoms with Crippen LogP contribution in [0.1, 0.15) is 50.3 Å². The lowest BCUT2D eigenvalue weighted by molar-refractivity contribution is -0.125. The number of aryl methyl sites for hydroxylation is 1. The Bertz CT molecular complexity index is 1340. The van der Waals surface area contributed by atoms with Gasteiger partial charge in [-0.15, -0.1) is 0 Å². The number of carbonyl (C=O) groups is 2. The maximum absolute atomic E-state index is 12.9. The average Bonchev–Trinajstić information content (AvgIpc) is 3.18. The second kappa shape index (κ2) is 10.4. The Morgan fingerprint density at radius 1 is 1.11 bits per heavy atom. The monoisotopic (exact) mass is 512 g/mol. The molecule has 5 rings (SSSR count). The zero-order valence-electron chi connectivity index (χ0n) is 22.6. The average molecular weight is 513 g/mol. The van der Waals surface area contributed by atoms with E-state index in [2.05, 4.69) is 71.6 Å². The van der Waals surface area contributed by atoms with Crippen molar-refractivity contribution in [3.8, 4) is 0 Å². The van der Waals surface area contributed by atoms with Crippen molar-refractivity contribution in [2.24, 2.45) is 5.92 Å². The van der Waals surface area contributed by atoms with Crippen LogP contribution < -0.4 is 20.4 Å². The van der Waals surface area contributed by atoms with E-state index in [1.54, 1.807) is 13.1 Å². The summed E-state index contributed by atoms with van der Waals surface area (Å²) >= 11 is 0. The highest BCUT2D eigenvalue weighted by Gasteiger charge is 2.37. The number of aromatic nitrogens is 2. The highest BCUT2D eigenvalue weighted by molar-refractivity contribution is 5.95. The van der Waals surface area contributed by atoms with E-state index in [9.17, 15) is 9.59 Å². The van der Waals surface area contributed by atoms with Gasteiger partial charge < -0.3 is 20.4 Å². The normalized spacial score (nSPS) is 18.2. The number of carbonyl (C=O) groups excluding carboxylic acids is 2. The summed E-state index contributed by atoms with van der Waals surface area (Å²) in [7, 11) is 0. The summed E-state index contributed by atoms with van der Waals surface area (Å²) in [6.45, 7) is 10.6. The smallest absolute Gasteiger partial charge is 0.229 e. The summed E-state index contributed by atoms with van der Waals surface area (Å²) in [6, 6.07) is 16.2. The fourth-order valence-electron chi connectivity index (χ4n) is 5.40. The predicted octanol–water partition coefficient (Wildman–Crippen LogP) is 4.71. The van der Waals surface area contributed by atoms with Crippen molar-refractivity contribution in [1.29, 1.82) is 0 Å². The number of anilines is 4. The Labute approximate surface area is 224 Å². The fraction of sp³-hybridized carbons (Fsp3) is 0.400. The molecule has 1 atom stereocenters. The van der Waals surface area contributed by atoms with Gasteiger partial charge in [0.15, 0.2) is 0 Å². The molecule has 8 heteroatoms. The van der Waals surface area contributed by atoms with Gasteiger partial charge in [-0.25, -0.2) is 4.98 Å². The van der Waals surface area contributed by atoms with E-state index in [-0.39, 0.29) is 23.1 Å². The van der Waals surface area contributed by atoms with Crippen LogP contribution >= 0.6 is 0 Å². The molecule has 0 bridgehead atoms. The lowest BCUT2D eigenvalue weighted by atomic mass is 9.87. The third-order valence-corrected chi connectivity index (χ3v) is 7.55. The number of hydrogen-bond acceptors (Lipinski definition) is 6. The molecular weight excluding hydrogens is 476 g/mol. The summed E-state index contributed by atoms with van der Waals surface area (Å²) in [6.07, 6.45) is 3.53. The Morgan fingerprint density at radius 2 is 1.89 bits per heavy atom. The van der Waals surface area contributed by atoms with Crippen LogP contribution in [0, 0.1) is 12.8 Å². The standard InChI is InChI=1S/C30H36N6O2/c1-20-7-9-22(10-8-20)17-32-28(38)23-6-5-15-35(18-23)27-13-14-31-29(34-27)33-24-11-12-25-26(16-24)36(21(2)37)19-30(25,3)4/h7-14,16,23H,5-6,15,17-19H2,1-4H3,(H,32,38)(H,31,33,34). The largest absolute Gasteiger partial charge is 0.356 e. The quantitative estimate of drug-likeness (QED) is 0.497. The first kappa shape index (κ1) is 25.7. The summed E-state index contributed by atoms with van der Waals surface area (Å²) < 4.78 is 0. The van der Waals surface area contributed by atoms with Gasteiger partial charge in [0.25, 0.3) is 0 Å². The van der Waals surface area contributed by atoms with Crippen LogP contribution in [-0.4, -0.2) is 41.4 Å². The Kier molecular flexibility index (Phi) is 7.06. The summed E-state index contributed by atoms with van der Waals surface area (Å²) in [5.74, 6) is 1.32. The molecule has 2 amide bonds. The second-order valence-electron chi connectivity index (χ2n) is 11.1. The third-order valence-electron chi connectivity index (χ3n) is 7.55. The lowest BCUT2D eigenvalue weighted by Crippen LogP contribution is -2.43. The van der Waals surface area contributed by atoms with E-state index in [0.29, 0.717) is 25.6 Å². The zero-order chi connectivity index (χ0) is 26.9. The molecule has 8 nitrogen and oxygen atoms in total. The molecule has 1 fully saturated rings. The van der Waals surface area contributed by atoms with E-state index >= 15 is 0 Å². The van der Waals surface area contributed by atoms with E-state index < -0.39 is 0 Å². The molecule has 3 aromatic rings. The van der Waals surface area contributed by atoms with Crippen molar-refractivity contribution in [2.75, 3.05) is 34.8 Å². The second-order valence-corrected chi connectivity index (χ2v) is 11.1. The van der Waals surface area contributed by atoms with Crippen LogP contribution in [0.3, 0.4) is 0 Å². The van der Waals surface area contributed by atoms with Gasteiger partial charge in [0.05, 0.1) is 5.92 Å². The minimum absolute atomic E-state index is 0.0368. The number of nitrogens with zero attached hydrogens (tertiary/aromatic N) is 4. The molecule has 3 heterocycles. The van der Waals surface area contributed by atoms with Crippen molar-refractivity contribution in [3.05, 3.63) is 71.4 Å². The fourth-order valence-corrected chi connectivity index (χ4v) is 5.40. The van der Waals surface area contributed by atoms with Crippen LogP contribution in [0.5, 0.6) is 0 Å². The molecule has 2 aliphatic rings. The summed E-state index contributed by atoms with van der Waals surface area (Å²) in [5, 5.41) is 6.41. The highest BCUT2D eigenvalue weighted by Crippen LogP contribution is 2.42. The van der Waals surface area contributed by atoms with Gasteiger partial charge in [0.1, 0.15) is 5.82 Å². The third kappa shape index (κ3) is 5.49. The molecule has 0 aliphatic carbocycles. The van der Waals surface area contributed by atoms with Gasteiger partial charge in [0.2, 0.25) is 17.8 Å². The highest BCUT2D eigenvalue weighted by atomic mass is 16.2.